The third kappa shape index (κ3) is 1.91. The Balaban J connectivity index is 1.92. The van der Waals surface area contributed by atoms with E-state index in [0.717, 1.165) is 19.6 Å². The van der Waals surface area contributed by atoms with Crippen LogP contribution in [0.5, 0.6) is 0 Å². The van der Waals surface area contributed by atoms with Crippen LogP contribution < -0.4 is 5.73 Å². The summed E-state index contributed by atoms with van der Waals surface area (Å²) in [5.74, 6) is 0.107. The fraction of sp³-hybridized carbons (Fsp3) is 0.900. The first kappa shape index (κ1) is 9.93. The lowest BCUT2D eigenvalue weighted by molar-refractivity contribution is -0.133. The van der Waals surface area contributed by atoms with Crippen molar-refractivity contribution >= 4 is 5.91 Å². The maximum atomic E-state index is 11.4. The van der Waals surface area contributed by atoms with Crippen molar-refractivity contribution < 1.29 is 4.79 Å². The molecule has 1 unspecified atom stereocenters. The van der Waals surface area contributed by atoms with Gasteiger partial charge in [-0.25, -0.2) is 0 Å². The summed E-state index contributed by atoms with van der Waals surface area (Å²) in [6.45, 7) is 4.18. The topological polar surface area (TPSA) is 49.6 Å². The predicted molar refractivity (Wildman–Crippen MR) is 54.8 cm³/mol. The SMILES string of the molecule is NCC(=O)N1CCN2CCCCC2C1. The molecule has 1 atom stereocenters. The molecule has 4 heteroatoms. The molecule has 0 aliphatic carbocycles. The van der Waals surface area contributed by atoms with Gasteiger partial charge in [-0.05, 0) is 19.4 Å². The zero-order chi connectivity index (χ0) is 9.97. The van der Waals surface area contributed by atoms with Gasteiger partial charge in [0.25, 0.3) is 0 Å². The summed E-state index contributed by atoms with van der Waals surface area (Å²) in [6.07, 6.45) is 3.88. The van der Waals surface area contributed by atoms with Crippen LogP contribution >= 0.6 is 0 Å². The van der Waals surface area contributed by atoms with Gasteiger partial charge in [-0.15, -0.1) is 0 Å². The zero-order valence-electron chi connectivity index (χ0n) is 8.61. The summed E-state index contributed by atoms with van der Waals surface area (Å²) in [4.78, 5) is 15.9. The van der Waals surface area contributed by atoms with Crippen LogP contribution in [0.2, 0.25) is 0 Å². The summed E-state index contributed by atoms with van der Waals surface area (Å²) < 4.78 is 0. The van der Waals surface area contributed by atoms with Crippen LogP contribution in [0, 0.1) is 0 Å². The standard InChI is InChI=1S/C10H19N3O/c11-7-10(14)13-6-5-12-4-2-1-3-9(12)8-13/h9H,1-8,11H2. The number of carbonyl (C=O) groups excluding carboxylic acids is 1. The van der Waals surface area contributed by atoms with E-state index in [1.807, 2.05) is 4.90 Å². The number of carbonyl (C=O) groups is 1. The van der Waals surface area contributed by atoms with Gasteiger partial charge in [-0.1, -0.05) is 6.42 Å². The van der Waals surface area contributed by atoms with Crippen molar-refractivity contribution in [1.82, 2.24) is 9.80 Å². The molecule has 2 N–H and O–H groups in total. The lowest BCUT2D eigenvalue weighted by atomic mass is 9.99. The first-order valence-electron chi connectivity index (χ1n) is 5.53. The van der Waals surface area contributed by atoms with Crippen molar-refractivity contribution in [2.45, 2.75) is 25.3 Å². The summed E-state index contributed by atoms with van der Waals surface area (Å²) in [5, 5.41) is 0. The number of piperazine rings is 1. The van der Waals surface area contributed by atoms with Crippen molar-refractivity contribution in [2.24, 2.45) is 5.73 Å². The zero-order valence-corrected chi connectivity index (χ0v) is 8.61. The molecule has 0 aromatic carbocycles. The van der Waals surface area contributed by atoms with Crippen LogP contribution in [0.15, 0.2) is 0 Å². The Morgan fingerprint density at radius 3 is 2.93 bits per heavy atom. The average molecular weight is 197 g/mol. The van der Waals surface area contributed by atoms with Gasteiger partial charge in [0, 0.05) is 25.7 Å². The Labute approximate surface area is 85.0 Å². The molecular formula is C10H19N3O. The molecule has 0 spiro atoms. The van der Waals surface area contributed by atoms with E-state index >= 15 is 0 Å². The highest BCUT2D eigenvalue weighted by molar-refractivity contribution is 5.78. The third-order valence-electron chi connectivity index (χ3n) is 3.36. The number of nitrogens with zero attached hydrogens (tertiary/aromatic N) is 2. The molecule has 2 heterocycles. The maximum Gasteiger partial charge on any atom is 0.236 e. The Morgan fingerprint density at radius 2 is 2.14 bits per heavy atom. The minimum atomic E-state index is 0.107. The van der Waals surface area contributed by atoms with Crippen molar-refractivity contribution in [1.29, 1.82) is 0 Å². The molecule has 2 fully saturated rings. The molecule has 0 aromatic heterocycles. The number of amides is 1. The second-order valence-electron chi connectivity index (χ2n) is 4.23. The predicted octanol–water partition coefficient (Wildman–Crippen LogP) is -0.358. The van der Waals surface area contributed by atoms with E-state index < -0.39 is 0 Å². The van der Waals surface area contributed by atoms with Gasteiger partial charge in [0.2, 0.25) is 5.91 Å². The highest BCUT2D eigenvalue weighted by Gasteiger charge is 2.30. The molecule has 0 saturated carbocycles. The highest BCUT2D eigenvalue weighted by Crippen LogP contribution is 2.20. The van der Waals surface area contributed by atoms with E-state index in [1.54, 1.807) is 0 Å². The van der Waals surface area contributed by atoms with E-state index in [4.69, 9.17) is 5.73 Å². The molecule has 14 heavy (non-hydrogen) atoms. The van der Waals surface area contributed by atoms with Gasteiger partial charge in [0.15, 0.2) is 0 Å². The van der Waals surface area contributed by atoms with Crippen LogP contribution in [-0.4, -0.2) is 54.5 Å². The lowest BCUT2D eigenvalue weighted by Crippen LogP contribution is -2.57. The minimum Gasteiger partial charge on any atom is -0.339 e. The van der Waals surface area contributed by atoms with Gasteiger partial charge in [0.05, 0.1) is 6.54 Å². The molecule has 2 saturated heterocycles. The van der Waals surface area contributed by atoms with Crippen molar-refractivity contribution in [2.75, 3.05) is 32.7 Å². The van der Waals surface area contributed by atoms with Crippen LogP contribution in [0.1, 0.15) is 19.3 Å². The fourth-order valence-corrected chi connectivity index (χ4v) is 2.51. The number of hydrogen-bond donors (Lipinski definition) is 1. The summed E-state index contributed by atoms with van der Waals surface area (Å²) >= 11 is 0. The molecule has 2 aliphatic rings. The molecule has 0 aromatic rings. The van der Waals surface area contributed by atoms with Gasteiger partial charge < -0.3 is 10.6 Å². The Kier molecular flexibility index (Phi) is 3.03. The first-order chi connectivity index (χ1) is 6.81. The minimum absolute atomic E-state index is 0.107. The van der Waals surface area contributed by atoms with Gasteiger partial charge in [-0.2, -0.15) is 0 Å². The second kappa shape index (κ2) is 4.28. The summed E-state index contributed by atoms with van der Waals surface area (Å²) in [7, 11) is 0. The van der Waals surface area contributed by atoms with Crippen LogP contribution in [-0.2, 0) is 4.79 Å². The maximum absolute atomic E-state index is 11.4. The van der Waals surface area contributed by atoms with E-state index in [0.29, 0.717) is 6.04 Å². The van der Waals surface area contributed by atoms with Gasteiger partial charge in [-0.3, -0.25) is 9.69 Å². The number of hydrogen-bond acceptors (Lipinski definition) is 3. The van der Waals surface area contributed by atoms with Crippen molar-refractivity contribution in [3.05, 3.63) is 0 Å². The van der Waals surface area contributed by atoms with Crippen LogP contribution in [0.25, 0.3) is 0 Å². The lowest BCUT2D eigenvalue weighted by Gasteiger charge is -2.43. The Bertz CT molecular complexity index is 219. The fourth-order valence-electron chi connectivity index (χ4n) is 2.51. The molecular weight excluding hydrogens is 178 g/mol. The van der Waals surface area contributed by atoms with Crippen LogP contribution in [0.4, 0.5) is 0 Å². The molecule has 1 amide bonds. The van der Waals surface area contributed by atoms with E-state index in [1.165, 1.54) is 25.8 Å². The molecule has 0 radical (unpaired) electrons. The number of piperidine rings is 1. The van der Waals surface area contributed by atoms with Crippen molar-refractivity contribution in [3.63, 3.8) is 0 Å². The van der Waals surface area contributed by atoms with Gasteiger partial charge >= 0.3 is 0 Å². The average Bonchev–Trinajstić information content (AvgIpc) is 2.27. The van der Waals surface area contributed by atoms with E-state index in [-0.39, 0.29) is 12.5 Å². The molecule has 4 nitrogen and oxygen atoms in total. The first-order valence-corrected chi connectivity index (χ1v) is 5.53. The Hall–Kier alpha value is -0.610. The highest BCUT2D eigenvalue weighted by atomic mass is 16.2. The summed E-state index contributed by atoms with van der Waals surface area (Å²) in [5.41, 5.74) is 5.37. The van der Waals surface area contributed by atoms with Crippen LogP contribution in [0.3, 0.4) is 0 Å². The number of nitrogens with two attached hydrogens (primary N) is 1. The monoisotopic (exact) mass is 197 g/mol. The molecule has 2 rings (SSSR count). The van der Waals surface area contributed by atoms with Gasteiger partial charge in [0.1, 0.15) is 0 Å². The summed E-state index contributed by atoms with van der Waals surface area (Å²) in [6, 6.07) is 0.605. The van der Waals surface area contributed by atoms with Crippen molar-refractivity contribution in [3.8, 4) is 0 Å². The van der Waals surface area contributed by atoms with E-state index in [2.05, 4.69) is 4.90 Å². The second-order valence-corrected chi connectivity index (χ2v) is 4.23. The molecule has 0 bridgehead atoms. The van der Waals surface area contributed by atoms with E-state index in [9.17, 15) is 4.79 Å². The normalized spacial score (nSPS) is 28.6. The molecule has 2 aliphatic heterocycles. The number of fused-ring (bicyclic) bond motifs is 1. The largest absolute Gasteiger partial charge is 0.339 e. The quantitative estimate of drug-likeness (QED) is 0.624. The Morgan fingerprint density at radius 1 is 1.29 bits per heavy atom. The number of rotatable bonds is 1. The molecule has 80 valence electrons. The smallest absolute Gasteiger partial charge is 0.236 e. The third-order valence-corrected chi connectivity index (χ3v) is 3.36.